The fourth-order valence-electron chi connectivity index (χ4n) is 1.67. The maximum Gasteiger partial charge on any atom is 0.337 e. The van der Waals surface area contributed by atoms with Gasteiger partial charge in [0.15, 0.2) is 6.10 Å². The van der Waals surface area contributed by atoms with Crippen molar-refractivity contribution in [3.05, 3.63) is 29.3 Å². The molecule has 0 aliphatic carbocycles. The van der Waals surface area contributed by atoms with Gasteiger partial charge in [0.25, 0.3) is 0 Å². The zero-order valence-corrected chi connectivity index (χ0v) is 11.9. The number of carboxylic acids is 1. The molecule has 0 fully saturated rings. The second-order valence-electron chi connectivity index (χ2n) is 3.56. The van der Waals surface area contributed by atoms with E-state index in [-0.39, 0.29) is 0 Å². The van der Waals surface area contributed by atoms with Gasteiger partial charge >= 0.3 is 5.97 Å². The molecule has 0 aromatic heterocycles. The lowest BCUT2D eigenvalue weighted by molar-refractivity contribution is -0.147. The fraction of sp³-hybridized carbons (Fsp3) is 0.417. The van der Waals surface area contributed by atoms with Gasteiger partial charge in [0.2, 0.25) is 0 Å². The summed E-state index contributed by atoms with van der Waals surface area (Å²) >= 11 is 4.93. The maximum absolute atomic E-state index is 10.9. The SMILES string of the molecule is CSc1cccc(C(O)C(=O)O)c1CCCBr. The van der Waals surface area contributed by atoms with Crippen molar-refractivity contribution < 1.29 is 15.0 Å². The van der Waals surface area contributed by atoms with Crippen LogP contribution in [0.2, 0.25) is 0 Å². The number of aliphatic hydroxyl groups excluding tert-OH is 1. The van der Waals surface area contributed by atoms with Crippen LogP contribution in [-0.2, 0) is 11.2 Å². The van der Waals surface area contributed by atoms with Gasteiger partial charge in [-0.25, -0.2) is 4.79 Å². The number of carbonyl (C=O) groups is 1. The number of rotatable bonds is 6. The van der Waals surface area contributed by atoms with Crippen LogP contribution in [0.5, 0.6) is 0 Å². The molecule has 1 aromatic rings. The highest BCUT2D eigenvalue weighted by atomic mass is 79.9. The van der Waals surface area contributed by atoms with Crippen LogP contribution in [0.3, 0.4) is 0 Å². The molecule has 1 rings (SSSR count). The third-order valence-corrected chi connectivity index (χ3v) is 3.86. The van der Waals surface area contributed by atoms with Gasteiger partial charge < -0.3 is 10.2 Å². The first-order valence-electron chi connectivity index (χ1n) is 5.24. The third-order valence-electron chi connectivity index (χ3n) is 2.48. The highest BCUT2D eigenvalue weighted by Gasteiger charge is 2.20. The molecule has 0 aliphatic rings. The standard InChI is InChI=1S/C12H15BrO3S/c1-17-10-6-2-4-9(11(14)12(15)16)8(10)5-3-7-13/h2,4,6,11,14H,3,5,7H2,1H3,(H,15,16). The summed E-state index contributed by atoms with van der Waals surface area (Å²) in [6, 6.07) is 5.42. The summed E-state index contributed by atoms with van der Waals surface area (Å²) in [5.74, 6) is -1.21. The number of hydrogen-bond donors (Lipinski definition) is 2. The summed E-state index contributed by atoms with van der Waals surface area (Å²) in [5, 5.41) is 19.4. The molecule has 17 heavy (non-hydrogen) atoms. The number of hydrogen-bond acceptors (Lipinski definition) is 3. The van der Waals surface area contributed by atoms with E-state index in [1.165, 1.54) is 0 Å². The molecule has 3 nitrogen and oxygen atoms in total. The molecule has 5 heteroatoms. The molecule has 0 radical (unpaired) electrons. The lowest BCUT2D eigenvalue weighted by Crippen LogP contribution is -2.13. The van der Waals surface area contributed by atoms with Crippen LogP contribution in [-0.4, -0.2) is 27.8 Å². The van der Waals surface area contributed by atoms with Gasteiger partial charge in [0.1, 0.15) is 0 Å². The van der Waals surface area contributed by atoms with Crippen molar-refractivity contribution in [2.24, 2.45) is 0 Å². The molecular formula is C12H15BrO3S. The molecular weight excluding hydrogens is 304 g/mol. The summed E-state index contributed by atoms with van der Waals surface area (Å²) in [7, 11) is 0. The Balaban J connectivity index is 3.13. The molecule has 1 atom stereocenters. The van der Waals surface area contributed by atoms with Crippen molar-refractivity contribution in [1.82, 2.24) is 0 Å². The Morgan fingerprint density at radius 2 is 2.24 bits per heavy atom. The first kappa shape index (κ1) is 14.5. The van der Waals surface area contributed by atoms with E-state index in [0.717, 1.165) is 28.6 Å². The van der Waals surface area contributed by atoms with Crippen LogP contribution in [0.1, 0.15) is 23.7 Å². The van der Waals surface area contributed by atoms with Crippen molar-refractivity contribution >= 4 is 33.7 Å². The monoisotopic (exact) mass is 318 g/mol. The Morgan fingerprint density at radius 3 is 2.76 bits per heavy atom. The summed E-state index contributed by atoms with van der Waals surface area (Å²) in [6.45, 7) is 0. The topological polar surface area (TPSA) is 57.5 Å². The Hall–Kier alpha value is -0.520. The molecule has 0 saturated carbocycles. The fourth-order valence-corrected chi connectivity index (χ4v) is 2.64. The van der Waals surface area contributed by atoms with E-state index in [4.69, 9.17) is 5.11 Å². The van der Waals surface area contributed by atoms with Crippen LogP contribution in [0.4, 0.5) is 0 Å². The molecule has 1 unspecified atom stereocenters. The number of carboxylic acid groups (broad SMARTS) is 1. The van der Waals surface area contributed by atoms with E-state index in [2.05, 4.69) is 15.9 Å². The Morgan fingerprint density at radius 1 is 1.53 bits per heavy atom. The van der Waals surface area contributed by atoms with Crippen molar-refractivity contribution in [3.63, 3.8) is 0 Å². The van der Waals surface area contributed by atoms with Crippen LogP contribution in [0, 0.1) is 0 Å². The second kappa shape index (κ2) is 7.03. The van der Waals surface area contributed by atoms with Gasteiger partial charge in [-0.3, -0.25) is 0 Å². The summed E-state index contributed by atoms with van der Waals surface area (Å²) in [6.07, 6.45) is 2.19. The predicted molar refractivity (Wildman–Crippen MR) is 72.9 cm³/mol. The summed E-state index contributed by atoms with van der Waals surface area (Å²) < 4.78 is 0. The average molecular weight is 319 g/mol. The Bertz CT molecular complexity index is 395. The quantitative estimate of drug-likeness (QED) is 0.625. The lowest BCUT2D eigenvalue weighted by Gasteiger charge is -2.15. The number of benzene rings is 1. The van der Waals surface area contributed by atoms with Gasteiger partial charge in [0.05, 0.1) is 0 Å². The lowest BCUT2D eigenvalue weighted by atomic mass is 9.99. The minimum Gasteiger partial charge on any atom is -0.479 e. The number of aliphatic hydroxyl groups is 1. The van der Waals surface area contributed by atoms with E-state index in [9.17, 15) is 9.90 Å². The normalized spacial score (nSPS) is 12.4. The minimum absolute atomic E-state index is 0.505. The number of halogens is 1. The van der Waals surface area contributed by atoms with Gasteiger partial charge in [-0.05, 0) is 36.3 Å². The van der Waals surface area contributed by atoms with E-state index < -0.39 is 12.1 Å². The molecule has 1 aromatic carbocycles. The van der Waals surface area contributed by atoms with Crippen LogP contribution in [0.25, 0.3) is 0 Å². The zero-order chi connectivity index (χ0) is 12.8. The molecule has 0 saturated heterocycles. The van der Waals surface area contributed by atoms with E-state index in [1.807, 2.05) is 12.3 Å². The molecule has 94 valence electrons. The Labute approximate surface area is 113 Å². The van der Waals surface area contributed by atoms with Gasteiger partial charge in [-0.2, -0.15) is 0 Å². The van der Waals surface area contributed by atoms with Crippen molar-refractivity contribution in [3.8, 4) is 0 Å². The maximum atomic E-state index is 10.9. The van der Waals surface area contributed by atoms with Crippen molar-refractivity contribution in [1.29, 1.82) is 0 Å². The molecule has 0 bridgehead atoms. The summed E-state index contributed by atoms with van der Waals surface area (Å²) in [4.78, 5) is 11.9. The van der Waals surface area contributed by atoms with E-state index in [0.29, 0.717) is 5.56 Å². The number of alkyl halides is 1. The smallest absolute Gasteiger partial charge is 0.337 e. The van der Waals surface area contributed by atoms with Crippen LogP contribution < -0.4 is 0 Å². The second-order valence-corrected chi connectivity index (χ2v) is 5.20. The van der Waals surface area contributed by atoms with Gasteiger partial charge in [-0.15, -0.1) is 11.8 Å². The first-order valence-corrected chi connectivity index (χ1v) is 7.59. The summed E-state index contributed by atoms with van der Waals surface area (Å²) in [5.41, 5.74) is 1.44. The number of thioether (sulfide) groups is 1. The van der Waals surface area contributed by atoms with Crippen molar-refractivity contribution in [2.75, 3.05) is 11.6 Å². The predicted octanol–water partition coefficient (Wildman–Crippen LogP) is 2.85. The molecule has 0 spiro atoms. The third kappa shape index (κ3) is 3.72. The highest BCUT2D eigenvalue weighted by Crippen LogP contribution is 2.29. The Kier molecular flexibility index (Phi) is 6.02. The first-order chi connectivity index (χ1) is 8.11. The molecule has 0 aliphatic heterocycles. The highest BCUT2D eigenvalue weighted by molar-refractivity contribution is 9.09. The van der Waals surface area contributed by atoms with Crippen LogP contribution >= 0.6 is 27.7 Å². The molecule has 0 amide bonds. The molecule has 2 N–H and O–H groups in total. The van der Waals surface area contributed by atoms with Gasteiger partial charge in [-0.1, -0.05) is 28.1 Å². The van der Waals surface area contributed by atoms with Crippen LogP contribution in [0.15, 0.2) is 23.1 Å². The zero-order valence-electron chi connectivity index (χ0n) is 9.52. The average Bonchev–Trinajstić information content (AvgIpc) is 2.34. The largest absolute Gasteiger partial charge is 0.479 e. The minimum atomic E-state index is -1.44. The number of aliphatic carboxylic acids is 1. The van der Waals surface area contributed by atoms with E-state index >= 15 is 0 Å². The molecule has 0 heterocycles. The van der Waals surface area contributed by atoms with Gasteiger partial charge in [0, 0.05) is 10.2 Å². The van der Waals surface area contributed by atoms with E-state index in [1.54, 1.807) is 23.9 Å². The van der Waals surface area contributed by atoms with Crippen molar-refractivity contribution in [2.45, 2.75) is 23.8 Å².